The molecule has 6 heteroatoms. The van der Waals surface area contributed by atoms with E-state index >= 15 is 0 Å². The summed E-state index contributed by atoms with van der Waals surface area (Å²) in [6.45, 7) is 3.89. The van der Waals surface area contributed by atoms with E-state index in [-0.39, 0.29) is 5.91 Å². The monoisotopic (exact) mass is 350 g/mol. The Hall–Kier alpha value is -3.15. The van der Waals surface area contributed by atoms with Crippen LogP contribution in [0.4, 0.5) is 22.7 Å². The molecule has 0 fully saturated rings. The van der Waals surface area contributed by atoms with E-state index < -0.39 is 0 Å². The van der Waals surface area contributed by atoms with Crippen molar-refractivity contribution >= 4 is 40.1 Å². The molecule has 1 amide bonds. The molecule has 1 aliphatic rings. The van der Waals surface area contributed by atoms with Crippen LogP contribution in [0.2, 0.25) is 0 Å². The maximum atomic E-state index is 13.0. The summed E-state index contributed by atoms with van der Waals surface area (Å²) in [5.41, 5.74) is 11.4. The summed E-state index contributed by atoms with van der Waals surface area (Å²) in [6.07, 6.45) is 0. The summed E-state index contributed by atoms with van der Waals surface area (Å²) in [5, 5.41) is 1.62. The van der Waals surface area contributed by atoms with Gasteiger partial charge < -0.3 is 10.6 Å². The number of nitrogens with two attached hydrogens (primary N) is 1. The van der Waals surface area contributed by atoms with Gasteiger partial charge in [-0.05, 0) is 36.8 Å². The Morgan fingerprint density at radius 2 is 1.77 bits per heavy atom. The van der Waals surface area contributed by atoms with Crippen molar-refractivity contribution in [3.05, 3.63) is 48.0 Å². The van der Waals surface area contributed by atoms with E-state index in [1.54, 1.807) is 5.01 Å². The Kier molecular flexibility index (Phi) is 4.50. The molecule has 26 heavy (non-hydrogen) atoms. The smallest absolute Gasteiger partial charge is 0.338 e. The molecule has 6 nitrogen and oxygen atoms in total. The van der Waals surface area contributed by atoms with Crippen LogP contribution in [0.15, 0.2) is 47.5 Å². The summed E-state index contributed by atoms with van der Waals surface area (Å²) in [4.78, 5) is 19.6. The van der Waals surface area contributed by atoms with Crippen molar-refractivity contribution in [2.45, 2.75) is 13.8 Å². The predicted octanol–water partition coefficient (Wildman–Crippen LogP) is 2.78. The molecule has 0 bridgehead atoms. The van der Waals surface area contributed by atoms with Gasteiger partial charge in [0.15, 0.2) is 7.05 Å². The lowest BCUT2D eigenvalue weighted by molar-refractivity contribution is -0.495. The minimum absolute atomic E-state index is 0.162. The zero-order chi connectivity index (χ0) is 19.0. The summed E-state index contributed by atoms with van der Waals surface area (Å²) in [7, 11) is 5.80. The zero-order valence-corrected chi connectivity index (χ0v) is 15.8. The number of carbonyl (C=O) groups excluding carboxylic acids is 1. The summed E-state index contributed by atoms with van der Waals surface area (Å²) in [6, 6.07) is 13.3. The minimum atomic E-state index is -0.162. The van der Waals surface area contributed by atoms with Crippen LogP contribution in [0.1, 0.15) is 12.5 Å². The molecule has 2 aromatic carbocycles. The number of para-hydroxylation sites is 1. The Morgan fingerprint density at radius 3 is 2.38 bits per heavy atom. The molecule has 0 aromatic heterocycles. The zero-order valence-electron chi connectivity index (χ0n) is 15.8. The number of hydrogen-bond donors (Lipinski definition) is 1. The number of nitrogens with zero attached hydrogens (tertiary/aromatic N) is 4. The molecule has 2 aromatic rings. The number of amides is 1. The fourth-order valence-corrected chi connectivity index (χ4v) is 3.08. The van der Waals surface area contributed by atoms with Crippen LogP contribution < -0.4 is 15.6 Å². The van der Waals surface area contributed by atoms with Gasteiger partial charge in [-0.15, -0.1) is 4.68 Å². The molecule has 0 aliphatic carbocycles. The van der Waals surface area contributed by atoms with Crippen molar-refractivity contribution in [1.29, 1.82) is 0 Å². The largest absolute Gasteiger partial charge is 0.397 e. The topological polar surface area (TPSA) is 64.9 Å². The Balaban J connectivity index is 2.05. The van der Waals surface area contributed by atoms with Gasteiger partial charge in [0.1, 0.15) is 5.69 Å². The lowest BCUT2D eigenvalue weighted by atomic mass is 10.1. The number of hydrogen-bond acceptors (Lipinski definition) is 4. The number of anilines is 3. The van der Waals surface area contributed by atoms with Gasteiger partial charge in [0.05, 0.1) is 11.4 Å². The van der Waals surface area contributed by atoms with Crippen LogP contribution in [-0.4, -0.2) is 43.2 Å². The van der Waals surface area contributed by atoms with E-state index in [4.69, 9.17) is 5.73 Å². The SMILES string of the molecule is CC1=[N+](C)N(c2ccccc2)C(=O)C1=Nc1cc(C)c(N(C)C)cc1N. The number of hydrazone groups is 1. The third-order valence-electron chi connectivity index (χ3n) is 4.58. The van der Waals surface area contributed by atoms with Gasteiger partial charge in [0.25, 0.3) is 0 Å². The van der Waals surface area contributed by atoms with E-state index in [1.807, 2.05) is 87.0 Å². The van der Waals surface area contributed by atoms with E-state index in [9.17, 15) is 4.79 Å². The first-order chi connectivity index (χ1) is 12.3. The number of carbonyl (C=O) groups is 1. The highest BCUT2D eigenvalue weighted by Crippen LogP contribution is 2.31. The van der Waals surface area contributed by atoms with Gasteiger partial charge in [-0.3, -0.25) is 4.79 Å². The molecule has 0 saturated carbocycles. The van der Waals surface area contributed by atoms with Crippen molar-refractivity contribution in [3.63, 3.8) is 0 Å². The van der Waals surface area contributed by atoms with E-state index in [1.165, 1.54) is 0 Å². The van der Waals surface area contributed by atoms with E-state index in [0.717, 1.165) is 22.6 Å². The fourth-order valence-electron chi connectivity index (χ4n) is 3.08. The van der Waals surface area contributed by atoms with Crippen molar-refractivity contribution in [1.82, 2.24) is 0 Å². The lowest BCUT2D eigenvalue weighted by Crippen LogP contribution is -2.34. The maximum Gasteiger partial charge on any atom is 0.338 e. The summed E-state index contributed by atoms with van der Waals surface area (Å²) in [5.74, 6) is -0.162. The molecular formula is C20H24N5O+. The molecule has 1 aliphatic heterocycles. The molecule has 0 atom stereocenters. The molecule has 0 spiro atoms. The Bertz CT molecular complexity index is 929. The highest BCUT2D eigenvalue weighted by Gasteiger charge is 2.41. The van der Waals surface area contributed by atoms with E-state index in [0.29, 0.717) is 17.1 Å². The third kappa shape index (κ3) is 2.94. The quantitative estimate of drug-likeness (QED) is 0.684. The average Bonchev–Trinajstić information content (AvgIpc) is 2.81. The van der Waals surface area contributed by atoms with Crippen LogP contribution in [0.5, 0.6) is 0 Å². The van der Waals surface area contributed by atoms with Gasteiger partial charge in [0, 0.05) is 26.7 Å². The first-order valence-electron chi connectivity index (χ1n) is 8.44. The van der Waals surface area contributed by atoms with Crippen LogP contribution in [0.3, 0.4) is 0 Å². The van der Waals surface area contributed by atoms with Crippen molar-refractivity contribution in [2.24, 2.45) is 4.99 Å². The summed E-state index contributed by atoms with van der Waals surface area (Å²) >= 11 is 0. The molecule has 0 saturated heterocycles. The van der Waals surface area contributed by atoms with Gasteiger partial charge in [-0.25, -0.2) is 4.99 Å². The fraction of sp³-hybridized carbons (Fsp3) is 0.250. The number of benzene rings is 2. The second-order valence-corrected chi connectivity index (χ2v) is 6.61. The first-order valence-corrected chi connectivity index (χ1v) is 8.44. The van der Waals surface area contributed by atoms with Gasteiger partial charge in [-0.1, -0.05) is 23.2 Å². The molecule has 2 N–H and O–H groups in total. The third-order valence-corrected chi connectivity index (χ3v) is 4.58. The van der Waals surface area contributed by atoms with Crippen LogP contribution >= 0.6 is 0 Å². The van der Waals surface area contributed by atoms with Gasteiger partial charge in [0.2, 0.25) is 11.4 Å². The number of hydrazine groups is 1. The number of rotatable bonds is 3. The normalized spacial score (nSPS) is 16.0. The Labute approximate surface area is 153 Å². The second-order valence-electron chi connectivity index (χ2n) is 6.61. The van der Waals surface area contributed by atoms with Crippen molar-refractivity contribution < 1.29 is 9.48 Å². The molecule has 134 valence electrons. The van der Waals surface area contributed by atoms with E-state index in [2.05, 4.69) is 4.99 Å². The second kappa shape index (κ2) is 6.63. The molecule has 3 rings (SSSR count). The van der Waals surface area contributed by atoms with Crippen molar-refractivity contribution in [2.75, 3.05) is 36.8 Å². The number of aliphatic imine (C=N–C) groups is 1. The molecule has 0 radical (unpaired) electrons. The van der Waals surface area contributed by atoms with Crippen LogP contribution in [0.25, 0.3) is 0 Å². The molecule has 0 unspecified atom stereocenters. The van der Waals surface area contributed by atoms with Crippen LogP contribution in [0, 0.1) is 6.92 Å². The highest BCUT2D eigenvalue weighted by atomic mass is 16.2. The highest BCUT2D eigenvalue weighted by molar-refractivity contribution is 6.69. The number of nitrogen functional groups attached to an aromatic ring is 1. The molecule has 1 heterocycles. The maximum absolute atomic E-state index is 13.0. The predicted molar refractivity (Wildman–Crippen MR) is 108 cm³/mol. The summed E-state index contributed by atoms with van der Waals surface area (Å²) < 4.78 is 1.81. The number of aryl methyl sites for hydroxylation is 1. The van der Waals surface area contributed by atoms with Crippen LogP contribution in [-0.2, 0) is 4.79 Å². The minimum Gasteiger partial charge on any atom is -0.397 e. The Morgan fingerprint density at radius 1 is 1.12 bits per heavy atom. The average molecular weight is 350 g/mol. The van der Waals surface area contributed by atoms with Crippen molar-refractivity contribution in [3.8, 4) is 0 Å². The molecular weight excluding hydrogens is 326 g/mol. The van der Waals surface area contributed by atoms with Gasteiger partial charge in [-0.2, -0.15) is 0 Å². The standard InChI is InChI=1S/C20H23N5O/c1-13-11-17(16(21)12-18(13)23(3)4)22-19-14(2)24(5)25(20(19)26)15-9-7-6-8-10-15/h6-12,21H,1-5H3/p+1. The van der Waals surface area contributed by atoms with Gasteiger partial charge >= 0.3 is 5.91 Å². The first kappa shape index (κ1) is 17.7. The lowest BCUT2D eigenvalue weighted by Gasteiger charge is -2.17.